The molecule has 0 aromatic rings. The van der Waals surface area contributed by atoms with Crippen LogP contribution in [0.25, 0.3) is 0 Å². The van der Waals surface area contributed by atoms with Gasteiger partial charge in [0.25, 0.3) is 5.92 Å². The number of halogens is 2. The predicted molar refractivity (Wildman–Crippen MR) is 40.1 cm³/mol. The normalized spacial score (nSPS) is 33.5. The molecule has 1 N–H and O–H groups in total. The lowest BCUT2D eigenvalue weighted by Crippen LogP contribution is -2.53. The molecule has 0 aliphatic heterocycles. The molecule has 0 radical (unpaired) electrons. The van der Waals surface area contributed by atoms with E-state index >= 15 is 0 Å². The molecule has 1 rings (SSSR count). The number of alkyl halides is 2. The second kappa shape index (κ2) is 3.26. The van der Waals surface area contributed by atoms with Gasteiger partial charge in [-0.15, -0.1) is 0 Å². The maximum atomic E-state index is 12.7. The molecule has 4 heteroatoms. The molecule has 1 aliphatic rings. The number of hydrogen-bond acceptors (Lipinski definition) is 2. The van der Waals surface area contributed by atoms with Crippen LogP contribution in [0.3, 0.4) is 0 Å². The van der Waals surface area contributed by atoms with Crippen molar-refractivity contribution in [1.29, 1.82) is 0 Å². The molecule has 1 fully saturated rings. The van der Waals surface area contributed by atoms with Crippen molar-refractivity contribution >= 4 is 0 Å². The summed E-state index contributed by atoms with van der Waals surface area (Å²) >= 11 is 0. The summed E-state index contributed by atoms with van der Waals surface area (Å²) in [5.41, 5.74) is 0. The SMILES string of the molecule is CC(C)OCC1C(O)CC1(F)F. The average molecular weight is 180 g/mol. The number of aliphatic hydroxyl groups excluding tert-OH is 1. The van der Waals surface area contributed by atoms with E-state index in [1.54, 1.807) is 13.8 Å². The third-order valence-corrected chi connectivity index (χ3v) is 2.10. The Morgan fingerprint density at radius 1 is 1.58 bits per heavy atom. The number of rotatable bonds is 3. The first-order valence-electron chi connectivity index (χ1n) is 4.11. The second-order valence-electron chi connectivity index (χ2n) is 3.52. The molecular weight excluding hydrogens is 166 g/mol. The molecule has 0 bridgehead atoms. The van der Waals surface area contributed by atoms with E-state index in [2.05, 4.69) is 0 Å². The van der Waals surface area contributed by atoms with Gasteiger partial charge in [-0.3, -0.25) is 0 Å². The van der Waals surface area contributed by atoms with Gasteiger partial charge in [0.05, 0.1) is 24.7 Å². The average Bonchev–Trinajstić information content (AvgIpc) is 1.84. The molecular formula is C8H14F2O2. The molecule has 1 aliphatic carbocycles. The molecule has 0 saturated heterocycles. The predicted octanol–water partition coefficient (Wildman–Crippen LogP) is 1.43. The van der Waals surface area contributed by atoms with E-state index in [1.807, 2.05) is 0 Å². The molecule has 0 spiro atoms. The van der Waals surface area contributed by atoms with Crippen LogP contribution < -0.4 is 0 Å². The standard InChI is InChI=1S/C8H14F2O2/c1-5(2)12-4-6-7(11)3-8(6,9)10/h5-7,11H,3-4H2,1-2H3. The Morgan fingerprint density at radius 3 is 2.50 bits per heavy atom. The van der Waals surface area contributed by atoms with Crippen LogP contribution in [0.15, 0.2) is 0 Å². The van der Waals surface area contributed by atoms with Crippen molar-refractivity contribution < 1.29 is 18.6 Å². The fraction of sp³-hybridized carbons (Fsp3) is 1.00. The summed E-state index contributed by atoms with van der Waals surface area (Å²) in [6.07, 6.45) is -1.37. The van der Waals surface area contributed by atoms with Crippen molar-refractivity contribution in [3.63, 3.8) is 0 Å². The van der Waals surface area contributed by atoms with Gasteiger partial charge in [-0.05, 0) is 13.8 Å². The summed E-state index contributed by atoms with van der Waals surface area (Å²) < 4.78 is 30.3. The summed E-state index contributed by atoms with van der Waals surface area (Å²) in [5, 5.41) is 9.00. The van der Waals surface area contributed by atoms with Crippen molar-refractivity contribution in [3.05, 3.63) is 0 Å². The number of ether oxygens (including phenoxy) is 1. The van der Waals surface area contributed by atoms with Crippen molar-refractivity contribution in [3.8, 4) is 0 Å². The van der Waals surface area contributed by atoms with Gasteiger partial charge in [0, 0.05) is 6.42 Å². The fourth-order valence-corrected chi connectivity index (χ4v) is 1.22. The maximum absolute atomic E-state index is 12.7. The molecule has 2 nitrogen and oxygen atoms in total. The first-order chi connectivity index (χ1) is 5.43. The topological polar surface area (TPSA) is 29.5 Å². The lowest BCUT2D eigenvalue weighted by molar-refractivity contribution is -0.222. The Labute approximate surface area is 70.5 Å². The molecule has 12 heavy (non-hydrogen) atoms. The molecule has 2 atom stereocenters. The van der Waals surface area contributed by atoms with Crippen LogP contribution in [0, 0.1) is 5.92 Å². The first kappa shape index (κ1) is 9.86. The number of aliphatic hydroxyl groups is 1. The van der Waals surface area contributed by atoms with Crippen LogP contribution in [-0.4, -0.2) is 29.8 Å². The lowest BCUT2D eigenvalue weighted by Gasteiger charge is -2.41. The Kier molecular flexibility index (Phi) is 2.68. The highest BCUT2D eigenvalue weighted by atomic mass is 19.3. The van der Waals surface area contributed by atoms with E-state index in [-0.39, 0.29) is 12.7 Å². The molecule has 2 unspecified atom stereocenters. The van der Waals surface area contributed by atoms with Crippen LogP contribution in [-0.2, 0) is 4.74 Å². The monoisotopic (exact) mass is 180 g/mol. The zero-order valence-corrected chi connectivity index (χ0v) is 7.26. The fourth-order valence-electron chi connectivity index (χ4n) is 1.22. The summed E-state index contributed by atoms with van der Waals surface area (Å²) in [7, 11) is 0. The lowest BCUT2D eigenvalue weighted by atomic mass is 9.78. The summed E-state index contributed by atoms with van der Waals surface area (Å²) in [4.78, 5) is 0. The summed E-state index contributed by atoms with van der Waals surface area (Å²) in [5.74, 6) is -3.73. The van der Waals surface area contributed by atoms with E-state index in [9.17, 15) is 8.78 Å². The first-order valence-corrected chi connectivity index (χ1v) is 4.11. The van der Waals surface area contributed by atoms with E-state index in [0.29, 0.717) is 0 Å². The van der Waals surface area contributed by atoms with Crippen LogP contribution in [0.2, 0.25) is 0 Å². The second-order valence-corrected chi connectivity index (χ2v) is 3.52. The molecule has 0 heterocycles. The zero-order chi connectivity index (χ0) is 9.35. The third kappa shape index (κ3) is 1.93. The highest BCUT2D eigenvalue weighted by Gasteiger charge is 2.55. The smallest absolute Gasteiger partial charge is 0.258 e. The van der Waals surface area contributed by atoms with Crippen molar-refractivity contribution in [2.45, 2.75) is 38.4 Å². The minimum atomic E-state index is -2.73. The highest BCUT2D eigenvalue weighted by molar-refractivity contribution is 4.95. The van der Waals surface area contributed by atoms with Gasteiger partial charge in [0.1, 0.15) is 0 Å². The maximum Gasteiger partial charge on any atom is 0.258 e. The Morgan fingerprint density at radius 2 is 2.17 bits per heavy atom. The minimum absolute atomic E-state index is 0.0498. The van der Waals surface area contributed by atoms with Crippen LogP contribution in [0.1, 0.15) is 20.3 Å². The number of hydrogen-bond donors (Lipinski definition) is 1. The zero-order valence-electron chi connectivity index (χ0n) is 7.26. The van der Waals surface area contributed by atoms with Gasteiger partial charge in [-0.2, -0.15) is 0 Å². The third-order valence-electron chi connectivity index (χ3n) is 2.10. The van der Waals surface area contributed by atoms with Crippen LogP contribution in [0.5, 0.6) is 0 Å². The highest BCUT2D eigenvalue weighted by Crippen LogP contribution is 2.43. The van der Waals surface area contributed by atoms with Gasteiger partial charge in [-0.1, -0.05) is 0 Å². The van der Waals surface area contributed by atoms with E-state index in [4.69, 9.17) is 9.84 Å². The molecule has 0 aromatic heterocycles. The van der Waals surface area contributed by atoms with Gasteiger partial charge in [0.15, 0.2) is 0 Å². The van der Waals surface area contributed by atoms with Gasteiger partial charge < -0.3 is 9.84 Å². The van der Waals surface area contributed by atoms with E-state index in [1.165, 1.54) is 0 Å². The minimum Gasteiger partial charge on any atom is -0.392 e. The molecule has 0 aromatic carbocycles. The van der Waals surface area contributed by atoms with Crippen LogP contribution in [0.4, 0.5) is 8.78 Å². The molecule has 0 amide bonds. The summed E-state index contributed by atoms with van der Waals surface area (Å²) in [6, 6.07) is 0. The Balaban J connectivity index is 2.31. The van der Waals surface area contributed by atoms with Gasteiger partial charge >= 0.3 is 0 Å². The van der Waals surface area contributed by atoms with E-state index < -0.39 is 24.4 Å². The van der Waals surface area contributed by atoms with Crippen molar-refractivity contribution in [2.75, 3.05) is 6.61 Å². The van der Waals surface area contributed by atoms with Crippen molar-refractivity contribution in [2.24, 2.45) is 5.92 Å². The van der Waals surface area contributed by atoms with E-state index in [0.717, 1.165) is 0 Å². The molecule has 72 valence electrons. The largest absolute Gasteiger partial charge is 0.392 e. The van der Waals surface area contributed by atoms with Gasteiger partial charge in [0.2, 0.25) is 0 Å². The molecule has 1 saturated carbocycles. The van der Waals surface area contributed by atoms with Gasteiger partial charge in [-0.25, -0.2) is 8.78 Å². The summed E-state index contributed by atoms with van der Waals surface area (Å²) in [6.45, 7) is 3.51. The van der Waals surface area contributed by atoms with Crippen LogP contribution >= 0.6 is 0 Å². The Hall–Kier alpha value is -0.220. The quantitative estimate of drug-likeness (QED) is 0.711. The van der Waals surface area contributed by atoms with Crippen molar-refractivity contribution in [1.82, 2.24) is 0 Å². The Bertz CT molecular complexity index is 159.